The van der Waals surface area contributed by atoms with Crippen LogP contribution in [0.3, 0.4) is 0 Å². The van der Waals surface area contributed by atoms with Crippen molar-refractivity contribution in [3.63, 3.8) is 0 Å². The molecule has 0 aliphatic rings. The number of thioether (sulfide) groups is 1. The van der Waals surface area contributed by atoms with Gasteiger partial charge in [-0.3, -0.25) is 4.79 Å². The predicted molar refractivity (Wildman–Crippen MR) is 113 cm³/mol. The molecule has 1 heterocycles. The Labute approximate surface area is 169 Å². The van der Waals surface area contributed by atoms with E-state index in [9.17, 15) is 4.79 Å². The number of methoxy groups -OCH3 is 1. The molecule has 146 valence electrons. The van der Waals surface area contributed by atoms with Crippen LogP contribution in [0.4, 0.5) is 5.69 Å². The summed E-state index contributed by atoms with van der Waals surface area (Å²) in [6.07, 6.45) is 0. The Morgan fingerprint density at radius 3 is 2.54 bits per heavy atom. The van der Waals surface area contributed by atoms with Crippen LogP contribution in [0.5, 0.6) is 5.75 Å². The highest BCUT2D eigenvalue weighted by atomic mass is 32.2. The Kier molecular flexibility index (Phi) is 6.36. The van der Waals surface area contributed by atoms with Crippen molar-refractivity contribution >= 4 is 23.4 Å². The number of rotatable bonds is 7. The number of anilines is 1. The zero-order valence-electron chi connectivity index (χ0n) is 16.5. The Balaban J connectivity index is 1.73. The summed E-state index contributed by atoms with van der Waals surface area (Å²) >= 11 is 1.40. The minimum Gasteiger partial charge on any atom is -0.497 e. The third-order valence-corrected chi connectivity index (χ3v) is 5.51. The molecule has 1 atom stereocenters. The molecule has 0 spiro atoms. The van der Waals surface area contributed by atoms with Gasteiger partial charge in [0.2, 0.25) is 5.91 Å². The first-order valence-electron chi connectivity index (χ1n) is 9.14. The highest BCUT2D eigenvalue weighted by molar-refractivity contribution is 8.00. The molecule has 28 heavy (non-hydrogen) atoms. The van der Waals surface area contributed by atoms with Crippen LogP contribution < -0.4 is 10.1 Å². The molecule has 1 unspecified atom stereocenters. The van der Waals surface area contributed by atoms with Gasteiger partial charge in [-0.2, -0.15) is 0 Å². The van der Waals surface area contributed by atoms with Crippen molar-refractivity contribution in [3.8, 4) is 17.1 Å². The molecule has 0 bridgehead atoms. The zero-order chi connectivity index (χ0) is 20.1. The molecule has 0 radical (unpaired) electrons. The van der Waals surface area contributed by atoms with Crippen LogP contribution in [0.15, 0.2) is 53.7 Å². The number of amides is 1. The van der Waals surface area contributed by atoms with Gasteiger partial charge in [0.25, 0.3) is 0 Å². The maximum atomic E-state index is 12.6. The van der Waals surface area contributed by atoms with Crippen molar-refractivity contribution < 1.29 is 9.53 Å². The Morgan fingerprint density at radius 2 is 1.89 bits per heavy atom. The summed E-state index contributed by atoms with van der Waals surface area (Å²) in [7, 11) is 1.61. The summed E-state index contributed by atoms with van der Waals surface area (Å²) in [6, 6.07) is 15.4. The Morgan fingerprint density at radius 1 is 1.18 bits per heavy atom. The van der Waals surface area contributed by atoms with Gasteiger partial charge in [0, 0.05) is 17.8 Å². The molecule has 1 aromatic heterocycles. The lowest BCUT2D eigenvalue weighted by molar-refractivity contribution is -0.115. The maximum Gasteiger partial charge on any atom is 0.237 e. The highest BCUT2D eigenvalue weighted by Gasteiger charge is 2.21. The van der Waals surface area contributed by atoms with E-state index >= 15 is 0 Å². The quantitative estimate of drug-likeness (QED) is 0.600. The standard InChI is InChI=1S/C21H24N4O2S/c1-5-25-19(18-9-7-6-8-14(18)2)23-24-21(25)28-15(3)20(26)22-16-10-12-17(27-4)13-11-16/h6-13,15H,5H2,1-4H3,(H,22,26). The normalized spacial score (nSPS) is 11.9. The summed E-state index contributed by atoms with van der Waals surface area (Å²) in [5.41, 5.74) is 2.93. The molecule has 2 aromatic carbocycles. The minimum absolute atomic E-state index is 0.0849. The summed E-state index contributed by atoms with van der Waals surface area (Å²) in [5.74, 6) is 1.49. The first-order valence-corrected chi connectivity index (χ1v) is 10.0. The maximum absolute atomic E-state index is 12.6. The van der Waals surface area contributed by atoms with Crippen molar-refractivity contribution in [2.45, 2.75) is 37.7 Å². The largest absolute Gasteiger partial charge is 0.497 e. The third-order valence-electron chi connectivity index (χ3n) is 4.43. The molecule has 7 heteroatoms. The lowest BCUT2D eigenvalue weighted by Gasteiger charge is -2.13. The average Bonchev–Trinajstić information content (AvgIpc) is 3.11. The van der Waals surface area contributed by atoms with Gasteiger partial charge in [0.15, 0.2) is 11.0 Å². The molecule has 0 aliphatic heterocycles. The second kappa shape index (κ2) is 8.93. The fraction of sp³-hybridized carbons (Fsp3) is 0.286. The number of nitrogens with zero attached hydrogens (tertiary/aromatic N) is 3. The lowest BCUT2D eigenvalue weighted by Crippen LogP contribution is -2.22. The van der Waals surface area contributed by atoms with E-state index in [1.807, 2.05) is 54.0 Å². The summed E-state index contributed by atoms with van der Waals surface area (Å²) in [6.45, 7) is 6.70. The van der Waals surface area contributed by atoms with E-state index in [4.69, 9.17) is 4.74 Å². The number of benzene rings is 2. The number of hydrogen-bond acceptors (Lipinski definition) is 5. The van der Waals surface area contributed by atoms with E-state index in [1.54, 1.807) is 7.11 Å². The third kappa shape index (κ3) is 4.36. The Hall–Kier alpha value is -2.80. The number of aryl methyl sites for hydroxylation is 1. The minimum atomic E-state index is -0.318. The van der Waals surface area contributed by atoms with Crippen LogP contribution >= 0.6 is 11.8 Å². The van der Waals surface area contributed by atoms with Gasteiger partial charge < -0.3 is 14.6 Å². The summed E-state index contributed by atoms with van der Waals surface area (Å²) < 4.78 is 7.18. The van der Waals surface area contributed by atoms with Gasteiger partial charge in [0.1, 0.15) is 5.75 Å². The first-order chi connectivity index (χ1) is 13.5. The molecule has 1 N–H and O–H groups in total. The van der Waals surface area contributed by atoms with Crippen molar-refractivity contribution in [1.29, 1.82) is 0 Å². The summed E-state index contributed by atoms with van der Waals surface area (Å²) in [5, 5.41) is 12.1. The molecule has 0 fully saturated rings. The molecule has 0 aliphatic carbocycles. The van der Waals surface area contributed by atoms with Crippen LogP contribution in [0, 0.1) is 6.92 Å². The van der Waals surface area contributed by atoms with Gasteiger partial charge in [-0.25, -0.2) is 0 Å². The monoisotopic (exact) mass is 396 g/mol. The van der Waals surface area contributed by atoms with E-state index in [0.717, 1.165) is 40.1 Å². The lowest BCUT2D eigenvalue weighted by atomic mass is 10.1. The molecule has 6 nitrogen and oxygen atoms in total. The van der Waals surface area contributed by atoms with Gasteiger partial charge >= 0.3 is 0 Å². The number of ether oxygens (including phenoxy) is 1. The number of aromatic nitrogens is 3. The van der Waals surface area contributed by atoms with Crippen LogP contribution in [0.1, 0.15) is 19.4 Å². The predicted octanol–water partition coefficient (Wildman–Crippen LogP) is 4.40. The van der Waals surface area contributed by atoms with Crippen LogP contribution in [0.2, 0.25) is 0 Å². The fourth-order valence-electron chi connectivity index (χ4n) is 2.81. The molecule has 3 rings (SSSR count). The average molecular weight is 397 g/mol. The Bertz CT molecular complexity index is 953. The molecular formula is C21H24N4O2S. The van der Waals surface area contributed by atoms with E-state index in [-0.39, 0.29) is 11.2 Å². The summed E-state index contributed by atoms with van der Waals surface area (Å²) in [4.78, 5) is 12.6. The SMILES string of the molecule is CCn1c(SC(C)C(=O)Nc2ccc(OC)cc2)nnc1-c1ccccc1C. The highest BCUT2D eigenvalue weighted by Crippen LogP contribution is 2.29. The fourth-order valence-corrected chi connectivity index (χ4v) is 3.73. The molecule has 3 aromatic rings. The molecule has 1 amide bonds. The number of carbonyl (C=O) groups excluding carboxylic acids is 1. The molecular weight excluding hydrogens is 372 g/mol. The van der Waals surface area contributed by atoms with Crippen molar-refractivity contribution in [3.05, 3.63) is 54.1 Å². The van der Waals surface area contributed by atoms with E-state index in [0.29, 0.717) is 0 Å². The molecule has 0 saturated heterocycles. The van der Waals surface area contributed by atoms with Crippen molar-refractivity contribution in [1.82, 2.24) is 14.8 Å². The van der Waals surface area contributed by atoms with Crippen LogP contribution in [-0.2, 0) is 11.3 Å². The van der Waals surface area contributed by atoms with Crippen molar-refractivity contribution in [2.75, 3.05) is 12.4 Å². The number of hydrogen-bond donors (Lipinski definition) is 1. The van der Waals surface area contributed by atoms with Gasteiger partial charge in [-0.15, -0.1) is 10.2 Å². The van der Waals surface area contributed by atoms with Gasteiger partial charge in [0.05, 0.1) is 12.4 Å². The zero-order valence-corrected chi connectivity index (χ0v) is 17.3. The van der Waals surface area contributed by atoms with Crippen LogP contribution in [-0.4, -0.2) is 33.0 Å². The topological polar surface area (TPSA) is 69.0 Å². The van der Waals surface area contributed by atoms with E-state index < -0.39 is 0 Å². The van der Waals surface area contributed by atoms with E-state index in [1.165, 1.54) is 11.8 Å². The van der Waals surface area contributed by atoms with Gasteiger partial charge in [-0.1, -0.05) is 36.0 Å². The van der Waals surface area contributed by atoms with Gasteiger partial charge in [-0.05, 0) is 50.6 Å². The smallest absolute Gasteiger partial charge is 0.237 e. The molecule has 0 saturated carbocycles. The van der Waals surface area contributed by atoms with Crippen molar-refractivity contribution in [2.24, 2.45) is 0 Å². The number of nitrogens with one attached hydrogen (secondary N) is 1. The second-order valence-electron chi connectivity index (χ2n) is 6.34. The van der Waals surface area contributed by atoms with Crippen LogP contribution in [0.25, 0.3) is 11.4 Å². The first kappa shape index (κ1) is 19.9. The second-order valence-corrected chi connectivity index (χ2v) is 7.65. The van der Waals surface area contributed by atoms with E-state index in [2.05, 4.69) is 35.4 Å². The number of carbonyl (C=O) groups is 1.